The molecule has 1 saturated heterocycles. The van der Waals surface area contributed by atoms with E-state index in [-0.39, 0.29) is 11.0 Å². The highest BCUT2D eigenvalue weighted by Crippen LogP contribution is 2.27. The normalized spacial score (nSPS) is 25.3. The van der Waals surface area contributed by atoms with Crippen molar-refractivity contribution in [1.29, 1.82) is 0 Å². The Morgan fingerprint density at radius 3 is 2.88 bits per heavy atom. The fourth-order valence-electron chi connectivity index (χ4n) is 2.38. The molecule has 2 N–H and O–H groups in total. The van der Waals surface area contributed by atoms with Crippen LogP contribution < -0.4 is 11.3 Å². The van der Waals surface area contributed by atoms with Gasteiger partial charge in [-0.25, -0.2) is 0 Å². The van der Waals surface area contributed by atoms with Crippen LogP contribution in [-0.4, -0.2) is 35.6 Å². The second-order valence-electron chi connectivity index (χ2n) is 5.27. The number of hydrogen-bond acceptors (Lipinski definition) is 3. The summed E-state index contributed by atoms with van der Waals surface area (Å²) in [7, 11) is 0. The predicted molar refractivity (Wildman–Crippen MR) is 68.9 cm³/mol. The maximum atomic E-state index is 11.5. The van der Waals surface area contributed by atoms with E-state index in [2.05, 4.69) is 11.8 Å². The molecule has 0 aromatic carbocycles. The molecule has 1 unspecified atom stereocenters. The fourth-order valence-corrected chi connectivity index (χ4v) is 2.38. The largest absolute Gasteiger partial charge is 0.330 e. The molecule has 4 heteroatoms. The third-order valence-corrected chi connectivity index (χ3v) is 3.69. The number of nitrogens with two attached hydrogens (primary N) is 1. The average Bonchev–Trinajstić information content (AvgIpc) is 2.71. The molecule has 0 saturated carbocycles. The van der Waals surface area contributed by atoms with Gasteiger partial charge in [-0.2, -0.15) is 0 Å². The van der Waals surface area contributed by atoms with Gasteiger partial charge in [0.1, 0.15) is 0 Å². The molecule has 1 atom stereocenters. The fraction of sp³-hybridized carbons (Fsp3) is 0.615. The van der Waals surface area contributed by atoms with Crippen LogP contribution in [0.15, 0.2) is 29.2 Å². The van der Waals surface area contributed by atoms with Crippen LogP contribution in [0.25, 0.3) is 0 Å². The van der Waals surface area contributed by atoms with Crippen LogP contribution in [0.3, 0.4) is 0 Å². The predicted octanol–water partition coefficient (Wildman–Crippen LogP) is 0.519. The Morgan fingerprint density at radius 1 is 1.41 bits per heavy atom. The summed E-state index contributed by atoms with van der Waals surface area (Å²) in [6.45, 7) is 6.82. The first-order valence-electron chi connectivity index (χ1n) is 6.21. The first kappa shape index (κ1) is 12.3. The molecule has 4 nitrogen and oxygen atoms in total. The highest BCUT2D eigenvalue weighted by Gasteiger charge is 2.31. The van der Waals surface area contributed by atoms with E-state index < -0.39 is 0 Å². The monoisotopic (exact) mass is 235 g/mol. The topological polar surface area (TPSA) is 51.3 Å². The van der Waals surface area contributed by atoms with Gasteiger partial charge >= 0.3 is 0 Å². The quantitative estimate of drug-likeness (QED) is 0.827. The molecule has 1 fully saturated rings. The van der Waals surface area contributed by atoms with Gasteiger partial charge in [0.15, 0.2) is 0 Å². The Hall–Kier alpha value is -1.13. The van der Waals surface area contributed by atoms with E-state index in [0.717, 1.165) is 39.1 Å². The zero-order chi connectivity index (χ0) is 12.3. The first-order valence-corrected chi connectivity index (χ1v) is 6.21. The van der Waals surface area contributed by atoms with Crippen molar-refractivity contribution < 1.29 is 0 Å². The van der Waals surface area contributed by atoms with E-state index >= 15 is 0 Å². The van der Waals surface area contributed by atoms with Crippen molar-refractivity contribution in [3.8, 4) is 0 Å². The second kappa shape index (κ2) is 5.02. The van der Waals surface area contributed by atoms with Gasteiger partial charge in [0, 0.05) is 31.9 Å². The summed E-state index contributed by atoms with van der Waals surface area (Å²) >= 11 is 0. The molecule has 94 valence electrons. The smallest absolute Gasteiger partial charge is 0.250 e. The van der Waals surface area contributed by atoms with Gasteiger partial charge < -0.3 is 15.2 Å². The van der Waals surface area contributed by atoms with Gasteiger partial charge in [0.05, 0.1) is 0 Å². The van der Waals surface area contributed by atoms with Crippen LogP contribution in [0.1, 0.15) is 13.3 Å². The molecule has 0 aliphatic carbocycles. The molecule has 0 bridgehead atoms. The zero-order valence-electron chi connectivity index (χ0n) is 10.4. The lowest BCUT2D eigenvalue weighted by Crippen LogP contribution is -2.33. The van der Waals surface area contributed by atoms with Crippen molar-refractivity contribution in [2.24, 2.45) is 11.1 Å². The van der Waals surface area contributed by atoms with Crippen molar-refractivity contribution in [2.75, 3.05) is 26.2 Å². The minimum absolute atomic E-state index is 0.0771. The van der Waals surface area contributed by atoms with Crippen LogP contribution >= 0.6 is 0 Å². The zero-order valence-corrected chi connectivity index (χ0v) is 10.4. The van der Waals surface area contributed by atoms with E-state index in [4.69, 9.17) is 5.73 Å². The molecule has 2 heterocycles. The van der Waals surface area contributed by atoms with Gasteiger partial charge in [-0.15, -0.1) is 0 Å². The molecule has 1 aliphatic rings. The second-order valence-corrected chi connectivity index (χ2v) is 5.27. The number of pyridine rings is 1. The molecular weight excluding hydrogens is 214 g/mol. The van der Waals surface area contributed by atoms with Gasteiger partial charge in [-0.1, -0.05) is 13.0 Å². The maximum absolute atomic E-state index is 11.5. The number of hydrogen-bond donors (Lipinski definition) is 1. The highest BCUT2D eigenvalue weighted by atomic mass is 16.1. The van der Waals surface area contributed by atoms with Crippen molar-refractivity contribution in [1.82, 2.24) is 9.47 Å². The van der Waals surface area contributed by atoms with E-state index in [0.29, 0.717) is 0 Å². The minimum atomic E-state index is 0.0771. The Bertz CT molecular complexity index is 429. The first-order chi connectivity index (χ1) is 8.13. The van der Waals surface area contributed by atoms with Crippen LogP contribution in [0, 0.1) is 5.41 Å². The Labute approximate surface area is 102 Å². The van der Waals surface area contributed by atoms with Crippen LogP contribution in [0.4, 0.5) is 0 Å². The maximum Gasteiger partial charge on any atom is 0.250 e. The van der Waals surface area contributed by atoms with Crippen molar-refractivity contribution >= 4 is 0 Å². The Morgan fingerprint density at radius 2 is 2.24 bits per heavy atom. The molecule has 1 aliphatic heterocycles. The number of aromatic nitrogens is 1. The van der Waals surface area contributed by atoms with Gasteiger partial charge in [-0.3, -0.25) is 4.79 Å². The summed E-state index contributed by atoms with van der Waals surface area (Å²) in [5.74, 6) is 0. The molecule has 2 rings (SSSR count). The molecule has 1 aromatic heterocycles. The SMILES string of the molecule is CC1(CN)CCN(CCn2ccccc2=O)C1. The van der Waals surface area contributed by atoms with Crippen molar-refractivity contribution in [3.63, 3.8) is 0 Å². The summed E-state index contributed by atoms with van der Waals surface area (Å²) in [5.41, 5.74) is 6.12. The van der Waals surface area contributed by atoms with Crippen molar-refractivity contribution in [2.45, 2.75) is 19.9 Å². The Balaban J connectivity index is 1.88. The molecule has 0 amide bonds. The molecule has 0 radical (unpaired) electrons. The van der Waals surface area contributed by atoms with Gasteiger partial charge in [-0.05, 0) is 31.0 Å². The molecular formula is C13H21N3O. The van der Waals surface area contributed by atoms with Crippen LogP contribution in [0.2, 0.25) is 0 Å². The standard InChI is InChI=1S/C13H21N3O/c1-13(10-14)5-7-15(11-13)8-9-16-6-3-2-4-12(16)17/h2-4,6H,5,7-11,14H2,1H3. The molecule has 1 aromatic rings. The van der Waals surface area contributed by atoms with Gasteiger partial charge in [0.25, 0.3) is 5.56 Å². The number of nitrogens with zero attached hydrogens (tertiary/aromatic N) is 2. The third kappa shape index (κ3) is 2.96. The van der Waals surface area contributed by atoms with Crippen LogP contribution in [-0.2, 0) is 6.54 Å². The average molecular weight is 235 g/mol. The van der Waals surface area contributed by atoms with E-state index in [1.54, 1.807) is 16.7 Å². The van der Waals surface area contributed by atoms with Gasteiger partial charge in [0.2, 0.25) is 0 Å². The lowest BCUT2D eigenvalue weighted by atomic mass is 9.90. The third-order valence-electron chi connectivity index (χ3n) is 3.69. The van der Waals surface area contributed by atoms with E-state index in [1.165, 1.54) is 0 Å². The number of rotatable bonds is 4. The molecule has 17 heavy (non-hydrogen) atoms. The van der Waals surface area contributed by atoms with E-state index in [9.17, 15) is 4.79 Å². The summed E-state index contributed by atoms with van der Waals surface area (Å²) in [5, 5.41) is 0. The van der Waals surface area contributed by atoms with Crippen LogP contribution in [0.5, 0.6) is 0 Å². The summed E-state index contributed by atoms with van der Waals surface area (Å²) in [4.78, 5) is 13.9. The summed E-state index contributed by atoms with van der Waals surface area (Å²) in [6.07, 6.45) is 3.01. The number of likely N-dealkylation sites (tertiary alicyclic amines) is 1. The van der Waals surface area contributed by atoms with Crippen molar-refractivity contribution in [3.05, 3.63) is 34.7 Å². The highest BCUT2D eigenvalue weighted by molar-refractivity contribution is 4.93. The molecule has 0 spiro atoms. The van der Waals surface area contributed by atoms with E-state index in [1.807, 2.05) is 12.3 Å². The Kier molecular flexibility index (Phi) is 3.64. The lowest BCUT2D eigenvalue weighted by Gasteiger charge is -2.22. The summed E-state index contributed by atoms with van der Waals surface area (Å²) in [6, 6.07) is 5.28. The lowest BCUT2D eigenvalue weighted by molar-refractivity contribution is 0.271. The minimum Gasteiger partial charge on any atom is -0.330 e. The summed E-state index contributed by atoms with van der Waals surface area (Å²) < 4.78 is 1.76.